The van der Waals surface area contributed by atoms with Crippen LogP contribution in [0.4, 0.5) is 5.69 Å². The topological polar surface area (TPSA) is 99.9 Å². The van der Waals surface area contributed by atoms with E-state index in [0.717, 1.165) is 32.4 Å². The first-order valence-corrected chi connectivity index (χ1v) is 14.5. The molecule has 0 aliphatic carbocycles. The summed E-state index contributed by atoms with van der Waals surface area (Å²) in [6, 6.07) is 17.2. The third-order valence-corrected chi connectivity index (χ3v) is 7.42. The Morgan fingerprint density at radius 2 is 1.85 bits per heavy atom. The maximum atomic E-state index is 13.5. The van der Waals surface area contributed by atoms with Crippen molar-refractivity contribution in [2.75, 3.05) is 44.2 Å². The van der Waals surface area contributed by atoms with Crippen LogP contribution in [-0.2, 0) is 17.8 Å². The zero-order valence-electron chi connectivity index (χ0n) is 21.7. The summed E-state index contributed by atoms with van der Waals surface area (Å²) in [4.78, 5) is 15.4. The summed E-state index contributed by atoms with van der Waals surface area (Å²) in [5.74, 6) is 0.226. The highest BCUT2D eigenvalue weighted by atomic mass is 35.5. The Kier molecular flexibility index (Phi) is 11.1. The molecule has 0 radical (unpaired) electrons. The van der Waals surface area contributed by atoms with Gasteiger partial charge in [0.25, 0.3) is 0 Å². The number of benzene rings is 2. The van der Waals surface area contributed by atoms with Gasteiger partial charge in [-0.1, -0.05) is 60.2 Å². The molecule has 0 amide bonds. The highest BCUT2D eigenvalue weighted by molar-refractivity contribution is 7.76. The van der Waals surface area contributed by atoms with E-state index in [1.807, 2.05) is 23.1 Å². The van der Waals surface area contributed by atoms with Crippen LogP contribution < -0.4 is 20.5 Å². The number of anilines is 1. The van der Waals surface area contributed by atoms with Gasteiger partial charge in [0, 0.05) is 44.3 Å². The van der Waals surface area contributed by atoms with Gasteiger partial charge in [-0.3, -0.25) is 9.35 Å². The van der Waals surface area contributed by atoms with Crippen LogP contribution in [0.5, 0.6) is 5.75 Å². The van der Waals surface area contributed by atoms with E-state index in [0.29, 0.717) is 49.2 Å². The summed E-state index contributed by atoms with van der Waals surface area (Å²) in [5.41, 5.74) is 2.03. The molecular formula is C28H34ClN5O4S. The molecule has 1 fully saturated rings. The first-order chi connectivity index (χ1) is 19.0. The Balaban J connectivity index is 1.33. The summed E-state index contributed by atoms with van der Waals surface area (Å²) in [5, 5.41) is 8.28. The van der Waals surface area contributed by atoms with Crippen molar-refractivity contribution < 1.29 is 13.5 Å². The Morgan fingerprint density at radius 1 is 1.05 bits per heavy atom. The molecule has 2 heterocycles. The molecule has 0 spiro atoms. The lowest BCUT2D eigenvalue weighted by Crippen LogP contribution is -2.47. The fourth-order valence-electron chi connectivity index (χ4n) is 4.30. The Hall–Kier alpha value is -3.02. The number of hydrogen-bond acceptors (Lipinski definition) is 6. The molecule has 1 aliphatic rings. The number of ether oxygens (including phenoxy) is 1. The van der Waals surface area contributed by atoms with Crippen LogP contribution in [-0.4, -0.2) is 62.2 Å². The molecule has 4 rings (SSSR count). The van der Waals surface area contributed by atoms with E-state index in [2.05, 4.69) is 34.7 Å². The monoisotopic (exact) mass is 571 g/mol. The average molecular weight is 572 g/mol. The van der Waals surface area contributed by atoms with Crippen molar-refractivity contribution >= 4 is 28.6 Å². The number of hydrogen-bond donors (Lipinski definition) is 2. The molecule has 3 aromatic rings. The van der Waals surface area contributed by atoms with E-state index in [-0.39, 0.29) is 11.3 Å². The van der Waals surface area contributed by atoms with Crippen molar-refractivity contribution in [2.24, 2.45) is 0 Å². The molecule has 1 aromatic heterocycles. The van der Waals surface area contributed by atoms with Crippen LogP contribution in [0.1, 0.15) is 24.8 Å². The molecule has 11 heteroatoms. The second-order valence-corrected chi connectivity index (χ2v) is 10.5. The van der Waals surface area contributed by atoms with Crippen molar-refractivity contribution in [3.8, 4) is 11.4 Å². The van der Waals surface area contributed by atoms with Crippen LogP contribution in [0.15, 0.2) is 77.7 Å². The largest absolute Gasteiger partial charge is 0.486 e. The normalized spacial score (nSPS) is 15.1. The predicted molar refractivity (Wildman–Crippen MR) is 156 cm³/mol. The van der Waals surface area contributed by atoms with Gasteiger partial charge < -0.3 is 15.0 Å². The third-order valence-electron chi connectivity index (χ3n) is 6.38. The molecule has 1 aliphatic heterocycles. The third kappa shape index (κ3) is 8.48. The van der Waals surface area contributed by atoms with E-state index in [9.17, 15) is 13.6 Å². The number of unbranched alkanes of at least 4 members (excludes halogenated alkanes) is 2. The minimum absolute atomic E-state index is 0.226. The molecule has 1 unspecified atom stereocenters. The van der Waals surface area contributed by atoms with E-state index in [1.165, 1.54) is 14.6 Å². The van der Waals surface area contributed by atoms with Gasteiger partial charge in [-0.15, -0.1) is 0 Å². The molecule has 1 atom stereocenters. The minimum atomic E-state index is -2.01. The SMILES string of the molecule is O=c1c(OCCCCC=CCNCc2ccccc2)c(N2CCN(S(=O)O)CC2)cnn1-c1cccc(Cl)c1. The van der Waals surface area contributed by atoms with Crippen molar-refractivity contribution in [2.45, 2.75) is 25.8 Å². The summed E-state index contributed by atoms with van der Waals surface area (Å²) >= 11 is 4.12. The lowest BCUT2D eigenvalue weighted by molar-refractivity contribution is 0.299. The lowest BCUT2D eigenvalue weighted by atomic mass is 10.2. The maximum Gasteiger partial charge on any atom is 0.316 e. The molecule has 208 valence electrons. The van der Waals surface area contributed by atoms with Crippen molar-refractivity contribution in [3.63, 3.8) is 0 Å². The Labute approximate surface area is 236 Å². The summed E-state index contributed by atoms with van der Waals surface area (Å²) < 4.78 is 29.6. The average Bonchev–Trinajstić information content (AvgIpc) is 2.95. The first kappa shape index (κ1) is 29.0. The highest BCUT2D eigenvalue weighted by Crippen LogP contribution is 2.26. The second kappa shape index (κ2) is 14.9. The van der Waals surface area contributed by atoms with Gasteiger partial charge in [-0.25, -0.2) is 4.21 Å². The van der Waals surface area contributed by atoms with Gasteiger partial charge in [-0.05, 0) is 43.0 Å². The fourth-order valence-corrected chi connectivity index (χ4v) is 4.96. The highest BCUT2D eigenvalue weighted by Gasteiger charge is 2.25. The van der Waals surface area contributed by atoms with E-state index in [4.69, 9.17) is 16.3 Å². The molecular weight excluding hydrogens is 538 g/mol. The number of nitrogens with zero attached hydrogens (tertiary/aromatic N) is 4. The molecule has 1 saturated heterocycles. The number of aromatic nitrogens is 2. The predicted octanol–water partition coefficient (Wildman–Crippen LogP) is 4.04. The zero-order chi connectivity index (χ0) is 27.5. The van der Waals surface area contributed by atoms with Crippen LogP contribution in [0.25, 0.3) is 5.69 Å². The van der Waals surface area contributed by atoms with Crippen LogP contribution in [0.2, 0.25) is 5.02 Å². The zero-order valence-corrected chi connectivity index (χ0v) is 23.3. The van der Waals surface area contributed by atoms with Gasteiger partial charge in [-0.2, -0.15) is 14.1 Å². The molecule has 39 heavy (non-hydrogen) atoms. The van der Waals surface area contributed by atoms with Gasteiger partial charge in [0.15, 0.2) is 0 Å². The van der Waals surface area contributed by atoms with Crippen molar-refractivity contribution in [1.82, 2.24) is 19.4 Å². The number of rotatable bonds is 13. The van der Waals surface area contributed by atoms with Crippen molar-refractivity contribution in [1.29, 1.82) is 0 Å². The standard InChI is InChI=1S/C28H34ClN5O4S/c29-24-12-9-13-25(20-24)34-28(35)27(26(22-31-34)32-15-17-33(18-16-32)39(36)37)38-19-8-3-1-2-7-14-30-21-23-10-5-4-6-11-23/h2,4-7,9-13,20,22,30H,1,3,8,14-19,21H2,(H,36,37). The van der Waals surface area contributed by atoms with Crippen LogP contribution >= 0.6 is 11.6 Å². The summed E-state index contributed by atoms with van der Waals surface area (Å²) in [7, 11) is 0. The Bertz CT molecular complexity index is 1310. The van der Waals surface area contributed by atoms with Crippen molar-refractivity contribution in [3.05, 3.63) is 93.9 Å². The first-order valence-electron chi connectivity index (χ1n) is 13.0. The smallest absolute Gasteiger partial charge is 0.316 e. The minimum Gasteiger partial charge on any atom is -0.486 e. The summed E-state index contributed by atoms with van der Waals surface area (Å²) in [6.45, 7) is 3.79. The van der Waals surface area contributed by atoms with Crippen LogP contribution in [0.3, 0.4) is 0 Å². The van der Waals surface area contributed by atoms with E-state index >= 15 is 0 Å². The quantitative estimate of drug-likeness (QED) is 0.181. The van der Waals surface area contributed by atoms with Crippen LogP contribution in [0, 0.1) is 0 Å². The molecule has 0 bridgehead atoms. The number of piperazine rings is 1. The van der Waals surface area contributed by atoms with Gasteiger partial charge >= 0.3 is 5.56 Å². The molecule has 2 N–H and O–H groups in total. The number of nitrogens with one attached hydrogen (secondary N) is 1. The second-order valence-electron chi connectivity index (χ2n) is 9.13. The van der Waals surface area contributed by atoms with Gasteiger partial charge in [0.1, 0.15) is 5.69 Å². The van der Waals surface area contributed by atoms with Gasteiger partial charge in [0.05, 0.1) is 18.5 Å². The Morgan fingerprint density at radius 3 is 2.59 bits per heavy atom. The fraction of sp³-hybridized carbons (Fsp3) is 0.357. The molecule has 2 aromatic carbocycles. The maximum absolute atomic E-state index is 13.5. The van der Waals surface area contributed by atoms with E-state index in [1.54, 1.807) is 30.5 Å². The van der Waals surface area contributed by atoms with Gasteiger partial charge in [0.2, 0.25) is 17.0 Å². The van der Waals surface area contributed by atoms with E-state index < -0.39 is 11.3 Å². The molecule has 0 saturated carbocycles. The summed E-state index contributed by atoms with van der Waals surface area (Å²) in [6.07, 6.45) is 8.55. The lowest BCUT2D eigenvalue weighted by Gasteiger charge is -2.34. The molecule has 9 nitrogen and oxygen atoms in total. The number of allylic oxidation sites excluding steroid dienone is 1. The number of halogens is 1.